The maximum absolute atomic E-state index is 6.43. The van der Waals surface area contributed by atoms with Gasteiger partial charge in [0.1, 0.15) is 17.6 Å². The summed E-state index contributed by atoms with van der Waals surface area (Å²) in [6.45, 7) is 0. The molecule has 1 saturated heterocycles. The first kappa shape index (κ1) is 19.8. The number of halogens is 1. The van der Waals surface area contributed by atoms with Crippen LogP contribution in [0.2, 0.25) is 0 Å². The maximum atomic E-state index is 6.43. The number of hydrogen-bond acceptors (Lipinski definition) is 3. The standard InChI is InChI=1S/C24H24BrN3OS/c25-17-11-9-16(10-12-17)20-13-14-21(29-20)23-22(19-8-4-5-15-26-19)27-24(30)28(23)18-6-2-1-3-7-18/h4-5,8-15,18,22-23H,1-3,6-7H2,(H,27,30)/t22-,23-/m1/s1. The van der Waals surface area contributed by atoms with Crippen LogP contribution in [0.25, 0.3) is 11.3 Å². The van der Waals surface area contributed by atoms with Crippen molar-refractivity contribution in [2.24, 2.45) is 0 Å². The van der Waals surface area contributed by atoms with Crippen LogP contribution in [-0.2, 0) is 0 Å². The van der Waals surface area contributed by atoms with Crippen LogP contribution < -0.4 is 5.32 Å². The summed E-state index contributed by atoms with van der Waals surface area (Å²) in [6.07, 6.45) is 8.02. The van der Waals surface area contributed by atoms with Crippen molar-refractivity contribution in [1.82, 2.24) is 15.2 Å². The largest absolute Gasteiger partial charge is 0.459 e. The van der Waals surface area contributed by atoms with E-state index in [9.17, 15) is 0 Å². The first-order valence-electron chi connectivity index (χ1n) is 10.6. The maximum Gasteiger partial charge on any atom is 0.170 e. The number of rotatable bonds is 4. The van der Waals surface area contributed by atoms with Gasteiger partial charge in [-0.15, -0.1) is 0 Å². The molecule has 0 amide bonds. The van der Waals surface area contributed by atoms with Crippen molar-refractivity contribution in [2.75, 3.05) is 0 Å². The Morgan fingerprint density at radius 2 is 1.80 bits per heavy atom. The molecule has 30 heavy (non-hydrogen) atoms. The van der Waals surface area contributed by atoms with Gasteiger partial charge in [0.05, 0.1) is 11.7 Å². The Balaban J connectivity index is 1.53. The predicted molar refractivity (Wildman–Crippen MR) is 126 cm³/mol. The number of furan rings is 1. The molecule has 6 heteroatoms. The molecule has 0 spiro atoms. The van der Waals surface area contributed by atoms with Crippen LogP contribution >= 0.6 is 28.1 Å². The third kappa shape index (κ3) is 3.79. The molecule has 2 aliphatic rings. The zero-order valence-corrected chi connectivity index (χ0v) is 19.0. The molecule has 1 N–H and O–H groups in total. The Kier molecular flexibility index (Phi) is 5.61. The van der Waals surface area contributed by atoms with Crippen molar-refractivity contribution in [3.8, 4) is 11.3 Å². The minimum absolute atomic E-state index is 0.000279. The van der Waals surface area contributed by atoms with Gasteiger partial charge in [-0.05, 0) is 61.5 Å². The lowest BCUT2D eigenvalue weighted by Gasteiger charge is -2.36. The van der Waals surface area contributed by atoms with Crippen LogP contribution in [0.1, 0.15) is 55.6 Å². The van der Waals surface area contributed by atoms with E-state index in [1.807, 2.05) is 30.5 Å². The third-order valence-electron chi connectivity index (χ3n) is 6.15. The zero-order chi connectivity index (χ0) is 20.5. The molecule has 0 unspecified atom stereocenters. The van der Waals surface area contributed by atoms with Crippen LogP contribution in [0.5, 0.6) is 0 Å². The van der Waals surface area contributed by atoms with E-state index in [4.69, 9.17) is 16.6 Å². The summed E-state index contributed by atoms with van der Waals surface area (Å²) in [7, 11) is 0. The number of hydrogen-bond donors (Lipinski definition) is 1. The zero-order valence-electron chi connectivity index (χ0n) is 16.6. The van der Waals surface area contributed by atoms with Gasteiger partial charge in [-0.2, -0.15) is 0 Å². The van der Waals surface area contributed by atoms with Crippen molar-refractivity contribution in [1.29, 1.82) is 0 Å². The molecule has 2 atom stereocenters. The van der Waals surface area contributed by atoms with Crippen LogP contribution in [0.3, 0.4) is 0 Å². The minimum Gasteiger partial charge on any atom is -0.459 e. The number of pyridine rings is 1. The lowest BCUT2D eigenvalue weighted by atomic mass is 9.92. The van der Waals surface area contributed by atoms with E-state index in [0.29, 0.717) is 6.04 Å². The summed E-state index contributed by atoms with van der Waals surface area (Å²) >= 11 is 9.33. The summed E-state index contributed by atoms with van der Waals surface area (Å²) in [5, 5.41) is 4.36. The molecule has 5 rings (SSSR count). The Morgan fingerprint density at radius 3 is 2.53 bits per heavy atom. The average molecular weight is 482 g/mol. The first-order chi connectivity index (χ1) is 14.7. The molecule has 3 aromatic rings. The topological polar surface area (TPSA) is 41.3 Å². The van der Waals surface area contributed by atoms with Gasteiger partial charge in [0.2, 0.25) is 0 Å². The monoisotopic (exact) mass is 481 g/mol. The van der Waals surface area contributed by atoms with E-state index < -0.39 is 0 Å². The van der Waals surface area contributed by atoms with Crippen LogP contribution in [-0.4, -0.2) is 21.0 Å². The fraction of sp³-hybridized carbons (Fsp3) is 0.333. The number of benzene rings is 1. The Hall–Kier alpha value is -2.18. The fourth-order valence-electron chi connectivity index (χ4n) is 4.70. The molecule has 1 saturated carbocycles. The molecule has 0 radical (unpaired) electrons. The summed E-state index contributed by atoms with van der Waals surface area (Å²) in [6, 6.07) is 18.8. The molecule has 2 fully saturated rings. The highest BCUT2D eigenvalue weighted by Crippen LogP contribution is 2.43. The normalized spacial score (nSPS) is 22.3. The Labute approximate surface area is 190 Å². The second-order valence-corrected chi connectivity index (χ2v) is 9.34. The highest BCUT2D eigenvalue weighted by molar-refractivity contribution is 9.10. The van der Waals surface area contributed by atoms with Crippen molar-refractivity contribution in [2.45, 2.75) is 50.2 Å². The van der Waals surface area contributed by atoms with Gasteiger partial charge in [0.15, 0.2) is 5.11 Å². The van der Waals surface area contributed by atoms with Crippen LogP contribution in [0.4, 0.5) is 0 Å². The smallest absolute Gasteiger partial charge is 0.170 e. The van der Waals surface area contributed by atoms with Crippen LogP contribution in [0, 0.1) is 0 Å². The fourth-order valence-corrected chi connectivity index (χ4v) is 5.36. The molecule has 154 valence electrons. The van der Waals surface area contributed by atoms with Crippen molar-refractivity contribution < 1.29 is 4.42 Å². The van der Waals surface area contributed by atoms with E-state index in [0.717, 1.165) is 32.4 Å². The predicted octanol–water partition coefficient (Wildman–Crippen LogP) is 6.41. The second kappa shape index (κ2) is 8.52. The summed E-state index contributed by atoms with van der Waals surface area (Å²) in [4.78, 5) is 7.02. The lowest BCUT2D eigenvalue weighted by molar-refractivity contribution is 0.179. The molecular formula is C24H24BrN3OS. The minimum atomic E-state index is -0.0236. The summed E-state index contributed by atoms with van der Waals surface area (Å²) < 4.78 is 7.49. The summed E-state index contributed by atoms with van der Waals surface area (Å²) in [5.41, 5.74) is 2.06. The third-order valence-corrected chi connectivity index (χ3v) is 7.01. The highest BCUT2D eigenvalue weighted by atomic mass is 79.9. The molecule has 1 aromatic carbocycles. The van der Waals surface area contributed by atoms with Crippen molar-refractivity contribution in [3.63, 3.8) is 0 Å². The average Bonchev–Trinajstić information content (AvgIpc) is 3.40. The van der Waals surface area contributed by atoms with E-state index in [1.165, 1.54) is 32.1 Å². The SMILES string of the molecule is S=C1N[C@H](c2ccccn2)[C@@H](c2ccc(-c3ccc(Br)cc3)o2)N1C1CCCCC1. The van der Waals surface area contributed by atoms with E-state index in [2.05, 4.69) is 61.5 Å². The molecule has 3 heterocycles. The van der Waals surface area contributed by atoms with E-state index in [-0.39, 0.29) is 12.1 Å². The first-order valence-corrected chi connectivity index (χ1v) is 11.8. The van der Waals surface area contributed by atoms with Gasteiger partial charge >= 0.3 is 0 Å². The van der Waals surface area contributed by atoms with Gasteiger partial charge in [0.25, 0.3) is 0 Å². The van der Waals surface area contributed by atoms with Gasteiger partial charge in [0, 0.05) is 22.3 Å². The lowest BCUT2D eigenvalue weighted by Crippen LogP contribution is -2.40. The van der Waals surface area contributed by atoms with Crippen molar-refractivity contribution in [3.05, 3.63) is 76.7 Å². The van der Waals surface area contributed by atoms with Crippen LogP contribution in [0.15, 0.2) is 69.7 Å². The number of nitrogens with one attached hydrogen (secondary N) is 1. The number of nitrogens with zero attached hydrogens (tertiary/aromatic N) is 2. The molecule has 1 aliphatic carbocycles. The quantitative estimate of drug-likeness (QED) is 0.436. The summed E-state index contributed by atoms with van der Waals surface area (Å²) in [5.74, 6) is 1.81. The number of thiocarbonyl (C=S) groups is 1. The van der Waals surface area contributed by atoms with E-state index >= 15 is 0 Å². The van der Waals surface area contributed by atoms with E-state index in [1.54, 1.807) is 0 Å². The molecular weight excluding hydrogens is 458 g/mol. The number of aromatic nitrogens is 1. The highest BCUT2D eigenvalue weighted by Gasteiger charge is 2.44. The molecule has 0 bridgehead atoms. The molecule has 4 nitrogen and oxygen atoms in total. The van der Waals surface area contributed by atoms with Crippen molar-refractivity contribution >= 4 is 33.3 Å². The molecule has 2 aromatic heterocycles. The van der Waals surface area contributed by atoms with Gasteiger partial charge in [-0.3, -0.25) is 4.98 Å². The van der Waals surface area contributed by atoms with Gasteiger partial charge in [-0.25, -0.2) is 0 Å². The Morgan fingerprint density at radius 1 is 1.00 bits per heavy atom. The van der Waals surface area contributed by atoms with Gasteiger partial charge < -0.3 is 14.6 Å². The molecule has 1 aliphatic heterocycles. The van der Waals surface area contributed by atoms with Gasteiger partial charge in [-0.1, -0.05) is 53.4 Å². The second-order valence-electron chi connectivity index (χ2n) is 8.03. The Bertz CT molecular complexity index is 1010.